The Labute approximate surface area is 202 Å². The van der Waals surface area contributed by atoms with E-state index in [-0.39, 0.29) is 18.6 Å². The van der Waals surface area contributed by atoms with Crippen molar-refractivity contribution in [1.29, 1.82) is 0 Å². The lowest BCUT2D eigenvalue weighted by Gasteiger charge is -2.32. The van der Waals surface area contributed by atoms with Gasteiger partial charge >= 0.3 is 12.1 Å². The average molecular weight is 466 g/mol. The molecule has 1 fully saturated rings. The summed E-state index contributed by atoms with van der Waals surface area (Å²) in [4.78, 5) is 41.4. The molecule has 34 heavy (non-hydrogen) atoms. The van der Waals surface area contributed by atoms with Gasteiger partial charge in [0.25, 0.3) is 0 Å². The second kappa shape index (κ2) is 10.9. The quantitative estimate of drug-likeness (QED) is 0.510. The molecule has 6 heteroatoms. The van der Waals surface area contributed by atoms with Crippen LogP contribution in [0.5, 0.6) is 0 Å². The molecule has 3 atom stereocenters. The first-order valence-electron chi connectivity index (χ1n) is 11.9. The van der Waals surface area contributed by atoms with Crippen molar-refractivity contribution in [2.24, 2.45) is 17.8 Å². The third-order valence-corrected chi connectivity index (χ3v) is 6.02. The van der Waals surface area contributed by atoms with Crippen molar-refractivity contribution >= 4 is 18.0 Å². The molecule has 0 N–H and O–H groups in total. The summed E-state index contributed by atoms with van der Waals surface area (Å²) in [5.74, 6) is -2.36. The topological polar surface area (TPSA) is 72.9 Å². The Morgan fingerprint density at radius 2 is 1.44 bits per heavy atom. The maximum absolute atomic E-state index is 14.0. The van der Waals surface area contributed by atoms with Gasteiger partial charge in [-0.2, -0.15) is 0 Å². The zero-order valence-corrected chi connectivity index (χ0v) is 20.7. The lowest BCUT2D eigenvalue weighted by Crippen LogP contribution is -2.49. The number of hydrogen-bond acceptors (Lipinski definition) is 5. The number of imide groups is 1. The van der Waals surface area contributed by atoms with Crippen LogP contribution in [0.25, 0.3) is 0 Å². The Bertz CT molecular complexity index is 981. The van der Waals surface area contributed by atoms with Gasteiger partial charge < -0.3 is 9.47 Å². The highest BCUT2D eigenvalue weighted by atomic mass is 16.6. The van der Waals surface area contributed by atoms with Gasteiger partial charge in [0.1, 0.15) is 12.2 Å². The van der Waals surface area contributed by atoms with Gasteiger partial charge in [-0.1, -0.05) is 74.5 Å². The van der Waals surface area contributed by atoms with Crippen LogP contribution in [-0.4, -0.2) is 41.1 Å². The average Bonchev–Trinajstić information content (AvgIpc) is 3.17. The zero-order chi connectivity index (χ0) is 24.9. The molecule has 0 radical (unpaired) electrons. The molecule has 6 nitrogen and oxygen atoms in total. The Hall–Kier alpha value is -3.15. The normalized spacial score (nSPS) is 17.9. The minimum absolute atomic E-state index is 0.0295. The van der Waals surface area contributed by atoms with Gasteiger partial charge in [-0.05, 0) is 50.7 Å². The molecule has 1 aliphatic heterocycles. The van der Waals surface area contributed by atoms with Crippen LogP contribution in [0.15, 0.2) is 60.7 Å². The lowest BCUT2D eigenvalue weighted by molar-refractivity contribution is -0.165. The van der Waals surface area contributed by atoms with Crippen molar-refractivity contribution in [1.82, 2.24) is 4.90 Å². The van der Waals surface area contributed by atoms with Crippen LogP contribution in [0.4, 0.5) is 4.79 Å². The predicted molar refractivity (Wildman–Crippen MR) is 130 cm³/mol. The molecule has 1 aliphatic rings. The van der Waals surface area contributed by atoms with Gasteiger partial charge in [0.2, 0.25) is 5.91 Å². The van der Waals surface area contributed by atoms with E-state index in [1.54, 1.807) is 0 Å². The molecule has 0 aliphatic carbocycles. The Morgan fingerprint density at radius 1 is 0.941 bits per heavy atom. The third-order valence-electron chi connectivity index (χ3n) is 6.02. The zero-order valence-electron chi connectivity index (χ0n) is 20.7. The minimum Gasteiger partial charge on any atom is -0.460 e. The van der Waals surface area contributed by atoms with Crippen molar-refractivity contribution in [3.05, 3.63) is 71.8 Å². The van der Waals surface area contributed by atoms with E-state index >= 15 is 0 Å². The van der Waals surface area contributed by atoms with E-state index in [9.17, 15) is 14.4 Å². The van der Waals surface area contributed by atoms with E-state index in [1.165, 1.54) is 4.90 Å². The first-order valence-corrected chi connectivity index (χ1v) is 11.9. The van der Waals surface area contributed by atoms with Crippen LogP contribution in [0.2, 0.25) is 0 Å². The fourth-order valence-electron chi connectivity index (χ4n) is 4.26. The third kappa shape index (κ3) is 6.46. The number of carbonyl (C=O) groups excluding carboxylic acids is 3. The Morgan fingerprint density at radius 3 is 1.91 bits per heavy atom. The Kier molecular flexibility index (Phi) is 8.13. The van der Waals surface area contributed by atoms with Crippen LogP contribution in [0.3, 0.4) is 0 Å². The number of amides is 2. The van der Waals surface area contributed by atoms with Gasteiger partial charge in [-0.25, -0.2) is 9.69 Å². The number of cyclic esters (lactones) is 1. The van der Waals surface area contributed by atoms with Gasteiger partial charge in [-0.3, -0.25) is 9.59 Å². The molecule has 1 heterocycles. The molecule has 0 bridgehead atoms. The summed E-state index contributed by atoms with van der Waals surface area (Å²) in [6, 6.07) is 18.8. The smallest absolute Gasteiger partial charge is 0.416 e. The van der Waals surface area contributed by atoms with Crippen LogP contribution in [0, 0.1) is 17.8 Å². The maximum atomic E-state index is 14.0. The summed E-state index contributed by atoms with van der Waals surface area (Å²) < 4.78 is 11.0. The van der Waals surface area contributed by atoms with Crippen molar-refractivity contribution in [3.63, 3.8) is 0 Å². The first kappa shape index (κ1) is 25.5. The molecule has 2 aromatic carbocycles. The minimum atomic E-state index is -0.788. The highest BCUT2D eigenvalue weighted by molar-refractivity contribution is 5.97. The van der Waals surface area contributed by atoms with Crippen molar-refractivity contribution in [2.75, 3.05) is 6.61 Å². The van der Waals surface area contributed by atoms with E-state index in [1.807, 2.05) is 95.3 Å². The van der Waals surface area contributed by atoms with Gasteiger partial charge in [0, 0.05) is 0 Å². The number of rotatable bonds is 8. The molecule has 2 aromatic rings. The van der Waals surface area contributed by atoms with E-state index in [0.717, 1.165) is 11.1 Å². The second-order valence-corrected chi connectivity index (χ2v) is 10.2. The van der Waals surface area contributed by atoms with E-state index < -0.39 is 35.4 Å². The molecule has 2 amide bonds. The SMILES string of the molecule is CC(C)[C@H]1COC(=O)N1C(=O)C(Cc1ccccc1)C(Cc1ccccc1)C(=O)OC(C)(C)C. The molecule has 2 unspecified atom stereocenters. The summed E-state index contributed by atoms with van der Waals surface area (Å²) in [5, 5.41) is 0. The number of esters is 1. The van der Waals surface area contributed by atoms with E-state index in [4.69, 9.17) is 9.47 Å². The maximum Gasteiger partial charge on any atom is 0.416 e. The van der Waals surface area contributed by atoms with Gasteiger partial charge in [-0.15, -0.1) is 0 Å². The molecular formula is C28H35NO5. The standard InChI is InChI=1S/C28H35NO5/c1-19(2)24-18-33-27(32)29(24)25(30)22(16-20-12-8-6-9-13-20)23(26(31)34-28(3,4)5)17-21-14-10-7-11-15-21/h6-15,19,22-24H,16-18H2,1-5H3/t22?,23?,24-/m1/s1. The summed E-state index contributed by atoms with van der Waals surface area (Å²) in [5.41, 5.74) is 1.13. The molecule has 182 valence electrons. The van der Waals surface area contributed by atoms with Crippen molar-refractivity contribution in [3.8, 4) is 0 Å². The van der Waals surface area contributed by atoms with Crippen molar-refractivity contribution < 1.29 is 23.9 Å². The molecular weight excluding hydrogens is 430 g/mol. The summed E-state index contributed by atoms with van der Waals surface area (Å²) in [6.07, 6.45) is -0.0106. The van der Waals surface area contributed by atoms with Gasteiger partial charge in [0.05, 0.1) is 17.9 Å². The summed E-state index contributed by atoms with van der Waals surface area (Å²) in [6.45, 7) is 9.50. The van der Waals surface area contributed by atoms with E-state index in [2.05, 4.69) is 0 Å². The molecule has 0 spiro atoms. The number of nitrogens with zero attached hydrogens (tertiary/aromatic N) is 1. The molecule has 0 aromatic heterocycles. The lowest BCUT2D eigenvalue weighted by atomic mass is 9.81. The second-order valence-electron chi connectivity index (χ2n) is 10.2. The number of carbonyl (C=O) groups is 3. The summed E-state index contributed by atoms with van der Waals surface area (Å²) in [7, 11) is 0. The molecule has 0 saturated carbocycles. The Balaban J connectivity index is 2.04. The highest BCUT2D eigenvalue weighted by Crippen LogP contribution is 2.31. The number of ether oxygens (including phenoxy) is 2. The monoisotopic (exact) mass is 465 g/mol. The first-order chi connectivity index (χ1) is 16.1. The van der Waals surface area contributed by atoms with Crippen molar-refractivity contribution in [2.45, 2.75) is 59.1 Å². The number of benzene rings is 2. The van der Waals surface area contributed by atoms with Crippen LogP contribution in [-0.2, 0) is 31.9 Å². The molecule has 3 rings (SSSR count). The highest BCUT2D eigenvalue weighted by Gasteiger charge is 2.46. The molecule has 1 saturated heterocycles. The predicted octanol–water partition coefficient (Wildman–Crippen LogP) is 5.05. The van der Waals surface area contributed by atoms with Gasteiger partial charge in [0.15, 0.2) is 0 Å². The largest absolute Gasteiger partial charge is 0.460 e. The van der Waals surface area contributed by atoms with Crippen LogP contribution in [0.1, 0.15) is 45.7 Å². The van der Waals surface area contributed by atoms with Crippen LogP contribution >= 0.6 is 0 Å². The summed E-state index contributed by atoms with van der Waals surface area (Å²) >= 11 is 0. The fourth-order valence-corrected chi connectivity index (χ4v) is 4.26. The number of hydrogen-bond donors (Lipinski definition) is 0. The van der Waals surface area contributed by atoms with Crippen LogP contribution < -0.4 is 0 Å². The van der Waals surface area contributed by atoms with E-state index in [0.29, 0.717) is 12.8 Å². The fraction of sp³-hybridized carbons (Fsp3) is 0.464.